The van der Waals surface area contributed by atoms with Crippen molar-refractivity contribution in [2.45, 2.75) is 6.54 Å². The Bertz CT molecular complexity index is 917. The molecule has 5 nitrogen and oxygen atoms in total. The van der Waals surface area contributed by atoms with Crippen LogP contribution in [0.1, 0.15) is 11.1 Å². The van der Waals surface area contributed by atoms with Gasteiger partial charge < -0.3 is 9.47 Å². The summed E-state index contributed by atoms with van der Waals surface area (Å²) < 4.78 is 24.8. The zero-order valence-electron chi connectivity index (χ0n) is 12.8. The molecule has 2 aromatic rings. The van der Waals surface area contributed by atoms with Crippen molar-refractivity contribution in [2.75, 3.05) is 6.79 Å². The first-order chi connectivity index (χ1) is 12.1. The second-order valence-electron chi connectivity index (χ2n) is 5.35. The van der Waals surface area contributed by atoms with E-state index < -0.39 is 5.82 Å². The Morgan fingerprint density at radius 3 is 3.00 bits per heavy atom. The quantitative estimate of drug-likeness (QED) is 0.607. The second kappa shape index (κ2) is 6.45. The van der Waals surface area contributed by atoms with Crippen molar-refractivity contribution in [1.29, 1.82) is 0 Å². The number of thioether (sulfide) groups is 1. The molecule has 126 valence electrons. The van der Waals surface area contributed by atoms with Crippen LogP contribution in [0.5, 0.6) is 11.5 Å². The molecule has 0 radical (unpaired) electrons. The standard InChI is InChI=1S/C17H11FN2O3S2/c18-12-7-19-4-3-11(12)6-15-16(21)20(17(24)25-15)8-10-1-2-13-14(5-10)23-9-22-13/h1-7H,8-9H2/b15-6+. The van der Waals surface area contributed by atoms with Gasteiger partial charge in [0.2, 0.25) is 6.79 Å². The second-order valence-corrected chi connectivity index (χ2v) is 7.03. The summed E-state index contributed by atoms with van der Waals surface area (Å²) in [6.07, 6.45) is 4.08. The SMILES string of the molecule is O=C1/C(=C\c2ccncc2F)SC(=S)N1Cc1ccc2c(c1)OCO2. The molecule has 0 atom stereocenters. The summed E-state index contributed by atoms with van der Waals surface area (Å²) in [7, 11) is 0. The van der Waals surface area contributed by atoms with Crippen LogP contribution in [0.3, 0.4) is 0 Å². The Morgan fingerprint density at radius 1 is 1.32 bits per heavy atom. The van der Waals surface area contributed by atoms with E-state index in [1.165, 1.54) is 23.2 Å². The molecule has 0 saturated carbocycles. The molecule has 2 aliphatic rings. The first-order valence-electron chi connectivity index (χ1n) is 7.35. The maximum atomic E-state index is 13.7. The number of hydrogen-bond donors (Lipinski definition) is 0. The highest BCUT2D eigenvalue weighted by molar-refractivity contribution is 8.26. The summed E-state index contributed by atoms with van der Waals surface area (Å²) in [6.45, 7) is 0.511. The number of amides is 1. The fraction of sp³-hybridized carbons (Fsp3) is 0.118. The van der Waals surface area contributed by atoms with Crippen molar-refractivity contribution in [1.82, 2.24) is 9.88 Å². The lowest BCUT2D eigenvalue weighted by Crippen LogP contribution is -2.27. The van der Waals surface area contributed by atoms with Gasteiger partial charge in [-0.2, -0.15) is 0 Å². The van der Waals surface area contributed by atoms with E-state index in [-0.39, 0.29) is 12.7 Å². The maximum absolute atomic E-state index is 13.7. The lowest BCUT2D eigenvalue weighted by molar-refractivity contribution is -0.122. The molecule has 1 aromatic carbocycles. The smallest absolute Gasteiger partial charge is 0.266 e. The lowest BCUT2D eigenvalue weighted by Gasteiger charge is -2.14. The molecule has 0 spiro atoms. The number of halogens is 1. The van der Waals surface area contributed by atoms with Gasteiger partial charge in [-0.1, -0.05) is 30.0 Å². The monoisotopic (exact) mass is 374 g/mol. The fourth-order valence-electron chi connectivity index (χ4n) is 2.50. The Hall–Kier alpha value is -2.45. The van der Waals surface area contributed by atoms with Crippen LogP contribution < -0.4 is 9.47 Å². The minimum atomic E-state index is -0.483. The summed E-state index contributed by atoms with van der Waals surface area (Å²) in [6, 6.07) is 7.00. The van der Waals surface area contributed by atoms with E-state index in [2.05, 4.69) is 4.98 Å². The maximum Gasteiger partial charge on any atom is 0.266 e. The van der Waals surface area contributed by atoms with Gasteiger partial charge in [0.05, 0.1) is 17.6 Å². The van der Waals surface area contributed by atoms with Crippen molar-refractivity contribution < 1.29 is 18.7 Å². The van der Waals surface area contributed by atoms with E-state index in [1.807, 2.05) is 12.1 Å². The van der Waals surface area contributed by atoms with E-state index in [1.54, 1.807) is 6.07 Å². The van der Waals surface area contributed by atoms with E-state index in [0.29, 0.717) is 32.8 Å². The number of benzene rings is 1. The molecule has 3 heterocycles. The molecule has 0 aliphatic carbocycles. The average molecular weight is 374 g/mol. The van der Waals surface area contributed by atoms with Crippen molar-refractivity contribution in [3.8, 4) is 11.5 Å². The predicted molar refractivity (Wildman–Crippen MR) is 95.5 cm³/mol. The Kier molecular flexibility index (Phi) is 4.14. The molecule has 8 heteroatoms. The van der Waals surface area contributed by atoms with E-state index in [9.17, 15) is 9.18 Å². The van der Waals surface area contributed by atoms with E-state index >= 15 is 0 Å². The Balaban J connectivity index is 1.56. The number of ether oxygens (including phenoxy) is 2. The Labute approximate surface area is 152 Å². The normalized spacial score (nSPS) is 17.6. The van der Waals surface area contributed by atoms with Crippen LogP contribution in [0.4, 0.5) is 4.39 Å². The molecule has 4 rings (SSSR count). The van der Waals surface area contributed by atoms with E-state index in [4.69, 9.17) is 21.7 Å². The van der Waals surface area contributed by atoms with Crippen molar-refractivity contribution >= 4 is 40.3 Å². The number of hydrogen-bond acceptors (Lipinski definition) is 6. The molecule has 1 amide bonds. The number of pyridine rings is 1. The van der Waals surface area contributed by atoms with Gasteiger partial charge in [-0.25, -0.2) is 4.39 Å². The molecule has 0 N–H and O–H groups in total. The zero-order chi connectivity index (χ0) is 17.4. The first kappa shape index (κ1) is 16.0. The minimum absolute atomic E-state index is 0.195. The fourth-order valence-corrected chi connectivity index (χ4v) is 3.75. The predicted octanol–water partition coefficient (Wildman–Crippen LogP) is 3.35. The van der Waals surface area contributed by atoms with Crippen LogP contribution in [0.25, 0.3) is 6.08 Å². The number of carbonyl (C=O) groups is 1. The topological polar surface area (TPSA) is 51.7 Å². The van der Waals surface area contributed by atoms with Gasteiger partial charge in [-0.15, -0.1) is 0 Å². The van der Waals surface area contributed by atoms with Gasteiger partial charge in [0.25, 0.3) is 5.91 Å². The van der Waals surface area contributed by atoms with Gasteiger partial charge in [0.1, 0.15) is 10.1 Å². The largest absolute Gasteiger partial charge is 0.454 e. The first-order valence-corrected chi connectivity index (χ1v) is 8.58. The molecule has 2 aliphatic heterocycles. The van der Waals surface area contributed by atoms with Crippen LogP contribution in [-0.4, -0.2) is 26.9 Å². The highest BCUT2D eigenvalue weighted by Crippen LogP contribution is 2.36. The summed E-state index contributed by atoms with van der Waals surface area (Å²) in [5, 5.41) is 0. The molecule has 25 heavy (non-hydrogen) atoms. The van der Waals surface area contributed by atoms with Crippen LogP contribution in [-0.2, 0) is 11.3 Å². The van der Waals surface area contributed by atoms with Crippen molar-refractivity contribution in [2.24, 2.45) is 0 Å². The number of nitrogens with zero attached hydrogens (tertiary/aromatic N) is 2. The van der Waals surface area contributed by atoms with Gasteiger partial charge in [0, 0.05) is 11.8 Å². The number of carbonyl (C=O) groups excluding carboxylic acids is 1. The number of aromatic nitrogens is 1. The third kappa shape index (κ3) is 3.10. The molecule has 1 saturated heterocycles. The van der Waals surface area contributed by atoms with Gasteiger partial charge >= 0.3 is 0 Å². The third-order valence-electron chi connectivity index (χ3n) is 3.74. The minimum Gasteiger partial charge on any atom is -0.454 e. The molecular weight excluding hydrogens is 363 g/mol. The summed E-state index contributed by atoms with van der Waals surface area (Å²) in [5.41, 5.74) is 1.18. The molecule has 1 aromatic heterocycles. The summed E-state index contributed by atoms with van der Waals surface area (Å²) in [4.78, 5) is 18.2. The average Bonchev–Trinajstić information content (AvgIpc) is 3.17. The summed E-state index contributed by atoms with van der Waals surface area (Å²) in [5.74, 6) is 0.604. The third-order valence-corrected chi connectivity index (χ3v) is 5.12. The number of thiocarbonyl (C=S) groups is 1. The van der Waals surface area contributed by atoms with Crippen LogP contribution in [0.2, 0.25) is 0 Å². The Morgan fingerprint density at radius 2 is 2.16 bits per heavy atom. The van der Waals surface area contributed by atoms with Gasteiger partial charge in [-0.3, -0.25) is 14.7 Å². The number of fused-ring (bicyclic) bond motifs is 1. The van der Waals surface area contributed by atoms with Crippen LogP contribution >= 0.6 is 24.0 Å². The molecule has 0 bridgehead atoms. The molecule has 1 fully saturated rings. The lowest BCUT2D eigenvalue weighted by atomic mass is 10.2. The van der Waals surface area contributed by atoms with Gasteiger partial charge in [0.15, 0.2) is 11.5 Å². The molecule has 0 unspecified atom stereocenters. The van der Waals surface area contributed by atoms with Crippen molar-refractivity contribution in [3.05, 3.63) is 58.5 Å². The van der Waals surface area contributed by atoms with E-state index in [0.717, 1.165) is 23.5 Å². The summed E-state index contributed by atoms with van der Waals surface area (Å²) >= 11 is 6.46. The highest BCUT2D eigenvalue weighted by atomic mass is 32.2. The van der Waals surface area contributed by atoms with Crippen LogP contribution in [0, 0.1) is 5.82 Å². The van der Waals surface area contributed by atoms with Gasteiger partial charge in [-0.05, 0) is 29.8 Å². The molecular formula is C17H11FN2O3S2. The van der Waals surface area contributed by atoms with Crippen molar-refractivity contribution in [3.63, 3.8) is 0 Å². The highest BCUT2D eigenvalue weighted by Gasteiger charge is 2.32. The van der Waals surface area contributed by atoms with Crippen LogP contribution in [0.15, 0.2) is 41.6 Å². The zero-order valence-corrected chi connectivity index (χ0v) is 14.4. The number of rotatable bonds is 3.